The molecule has 0 radical (unpaired) electrons. The van der Waals surface area contributed by atoms with Gasteiger partial charge >= 0.3 is 5.69 Å². The summed E-state index contributed by atoms with van der Waals surface area (Å²) >= 11 is 3.37. The van der Waals surface area contributed by atoms with Gasteiger partial charge in [0.1, 0.15) is 0 Å². The molecule has 0 amide bonds. The molecule has 2 unspecified atom stereocenters. The summed E-state index contributed by atoms with van der Waals surface area (Å²) in [4.78, 5) is 34.2. The molecule has 0 aliphatic carbocycles. The molecule has 35 heavy (non-hydrogen) atoms. The van der Waals surface area contributed by atoms with E-state index < -0.39 is 16.9 Å². The summed E-state index contributed by atoms with van der Waals surface area (Å²) < 4.78 is 17.8. The van der Waals surface area contributed by atoms with Crippen LogP contribution >= 0.6 is 15.9 Å². The highest BCUT2D eigenvalue weighted by molar-refractivity contribution is 9.10. The Labute approximate surface area is 214 Å². The molecular formula is C23H31BrN6O4S. The second-order valence-electron chi connectivity index (χ2n) is 8.93. The minimum Gasteiger partial charge on any atom is -0.391 e. The van der Waals surface area contributed by atoms with Crippen molar-refractivity contribution in [3.05, 3.63) is 55.9 Å². The number of imidazole rings is 1. The summed E-state index contributed by atoms with van der Waals surface area (Å²) in [6.07, 6.45) is 1.84. The molecule has 0 bridgehead atoms. The van der Waals surface area contributed by atoms with E-state index in [1.165, 1.54) is 11.6 Å². The van der Waals surface area contributed by atoms with E-state index >= 15 is 0 Å². The summed E-state index contributed by atoms with van der Waals surface area (Å²) in [5.41, 5.74) is 0.157. The monoisotopic (exact) mass is 566 g/mol. The number of aryl methyl sites for hydroxylation is 2. The van der Waals surface area contributed by atoms with Gasteiger partial charge < -0.3 is 14.6 Å². The Morgan fingerprint density at radius 3 is 2.37 bits per heavy atom. The number of aliphatic hydroxyl groups excluding tert-OH is 1. The second-order valence-corrected chi connectivity index (χ2v) is 11.3. The molecule has 1 saturated heterocycles. The van der Waals surface area contributed by atoms with Crippen molar-refractivity contribution in [3.63, 3.8) is 0 Å². The first kappa shape index (κ1) is 26.0. The van der Waals surface area contributed by atoms with E-state index in [2.05, 4.69) is 30.7 Å². The molecule has 2 atom stereocenters. The van der Waals surface area contributed by atoms with Gasteiger partial charge in [-0.2, -0.15) is 0 Å². The number of piperazine rings is 1. The Bertz CT molecular complexity index is 1310. The summed E-state index contributed by atoms with van der Waals surface area (Å²) in [6.45, 7) is 5.52. The number of benzene rings is 1. The van der Waals surface area contributed by atoms with Crippen molar-refractivity contribution in [2.75, 3.05) is 45.0 Å². The van der Waals surface area contributed by atoms with E-state index in [1.54, 1.807) is 13.4 Å². The zero-order chi connectivity index (χ0) is 25.1. The maximum Gasteiger partial charge on any atom is 0.332 e. The minimum absolute atomic E-state index is 0.228. The van der Waals surface area contributed by atoms with Crippen molar-refractivity contribution in [2.24, 2.45) is 14.1 Å². The number of fused-ring (bicyclic) bond motifs is 1. The first-order chi connectivity index (χ1) is 16.7. The van der Waals surface area contributed by atoms with Gasteiger partial charge in [0.05, 0.1) is 29.0 Å². The lowest BCUT2D eigenvalue weighted by Crippen LogP contribution is -2.49. The van der Waals surface area contributed by atoms with Crippen molar-refractivity contribution in [1.29, 1.82) is 0 Å². The van der Waals surface area contributed by atoms with Crippen LogP contribution < -0.4 is 11.2 Å². The fourth-order valence-electron chi connectivity index (χ4n) is 4.43. The maximum absolute atomic E-state index is 12.6. The van der Waals surface area contributed by atoms with Crippen LogP contribution in [0.4, 0.5) is 0 Å². The van der Waals surface area contributed by atoms with E-state index in [1.807, 2.05) is 28.8 Å². The Kier molecular flexibility index (Phi) is 8.38. The molecule has 1 N–H and O–H groups in total. The van der Waals surface area contributed by atoms with Crippen LogP contribution in [0.25, 0.3) is 11.2 Å². The zero-order valence-electron chi connectivity index (χ0n) is 20.0. The number of nitrogens with zero attached hydrogens (tertiary/aromatic N) is 6. The first-order valence-electron chi connectivity index (χ1n) is 11.6. The van der Waals surface area contributed by atoms with Crippen LogP contribution in [0.2, 0.25) is 0 Å². The Morgan fingerprint density at radius 1 is 1.03 bits per heavy atom. The molecule has 1 aliphatic rings. The molecule has 3 aromatic rings. The third-order valence-electron chi connectivity index (χ3n) is 6.44. The average molecular weight is 568 g/mol. The Hall–Kier alpha value is -2.12. The average Bonchev–Trinajstić information content (AvgIpc) is 3.27. The molecule has 190 valence electrons. The Balaban J connectivity index is 1.22. The van der Waals surface area contributed by atoms with Crippen LogP contribution in [-0.2, 0) is 31.4 Å². The summed E-state index contributed by atoms with van der Waals surface area (Å²) in [5.74, 6) is 0.228. The van der Waals surface area contributed by atoms with Gasteiger partial charge in [-0.15, -0.1) is 0 Å². The number of β-amino-alcohol motifs (C(OH)–C–C–N with tert-alkyl or cyclic N) is 1. The van der Waals surface area contributed by atoms with Gasteiger partial charge in [-0.05, 0) is 37.2 Å². The number of aliphatic hydroxyl groups is 1. The molecule has 1 aromatic carbocycles. The predicted octanol–water partition coefficient (Wildman–Crippen LogP) is 0.373. The molecule has 10 nitrogen and oxygen atoms in total. The second kappa shape index (κ2) is 11.3. The van der Waals surface area contributed by atoms with Gasteiger partial charge in [-0.1, -0.05) is 15.9 Å². The standard InChI is InChI=1S/C23H31BrN6O4S/c1-26-21-20(22(32)27(2)23(26)33)30(16-25-21)9-3-8-28-10-12-29(13-11-28)14-18(31)15-35(34)19-6-4-17(24)5-7-19/h4-7,16,18,31H,3,8-15H2,1-2H3. The van der Waals surface area contributed by atoms with E-state index in [-0.39, 0.29) is 17.0 Å². The smallest absolute Gasteiger partial charge is 0.332 e. The lowest BCUT2D eigenvalue weighted by molar-refractivity contribution is 0.0815. The van der Waals surface area contributed by atoms with E-state index in [9.17, 15) is 18.9 Å². The van der Waals surface area contributed by atoms with Crippen molar-refractivity contribution in [1.82, 2.24) is 28.5 Å². The molecule has 12 heteroatoms. The highest BCUT2D eigenvalue weighted by Crippen LogP contribution is 2.15. The molecule has 4 rings (SSSR count). The van der Waals surface area contributed by atoms with Crippen LogP contribution in [0.15, 0.2) is 49.6 Å². The lowest BCUT2D eigenvalue weighted by Gasteiger charge is -2.35. The van der Waals surface area contributed by atoms with Gasteiger partial charge in [-0.25, -0.2) is 9.78 Å². The quantitative estimate of drug-likeness (QED) is 0.399. The molecular weight excluding hydrogens is 536 g/mol. The van der Waals surface area contributed by atoms with Crippen molar-refractivity contribution < 1.29 is 9.32 Å². The summed E-state index contributed by atoms with van der Waals surface area (Å²) in [7, 11) is 1.88. The molecule has 2 aromatic heterocycles. The van der Waals surface area contributed by atoms with Crippen LogP contribution in [0, 0.1) is 0 Å². The van der Waals surface area contributed by atoms with Crippen LogP contribution in [0.1, 0.15) is 6.42 Å². The lowest BCUT2D eigenvalue weighted by atomic mass is 10.2. The fraction of sp³-hybridized carbons (Fsp3) is 0.522. The van der Waals surface area contributed by atoms with Gasteiger partial charge in [0.25, 0.3) is 5.56 Å². The SMILES string of the molecule is Cn1c(=O)c2c(ncn2CCCN2CCN(CC(O)CS(=O)c3ccc(Br)cc3)CC2)n(C)c1=O. The van der Waals surface area contributed by atoms with Crippen LogP contribution in [0.5, 0.6) is 0 Å². The maximum atomic E-state index is 12.6. The Morgan fingerprint density at radius 2 is 1.69 bits per heavy atom. The van der Waals surface area contributed by atoms with Gasteiger partial charge in [0.2, 0.25) is 0 Å². The molecule has 1 fully saturated rings. The van der Waals surface area contributed by atoms with Crippen molar-refractivity contribution in [2.45, 2.75) is 24.0 Å². The first-order valence-corrected chi connectivity index (χ1v) is 13.7. The van der Waals surface area contributed by atoms with Crippen molar-refractivity contribution >= 4 is 37.9 Å². The number of halogens is 1. The normalized spacial score (nSPS) is 17.1. The summed E-state index contributed by atoms with van der Waals surface area (Å²) in [6, 6.07) is 7.35. The topological polar surface area (TPSA) is 106 Å². The fourth-order valence-corrected chi connectivity index (χ4v) is 5.79. The number of aromatic nitrogens is 4. The third kappa shape index (κ3) is 6.00. The molecule has 0 saturated carbocycles. The van der Waals surface area contributed by atoms with Gasteiger partial charge in [-0.3, -0.25) is 23.0 Å². The van der Waals surface area contributed by atoms with E-state index in [0.29, 0.717) is 24.3 Å². The molecule has 1 aliphatic heterocycles. The molecule has 3 heterocycles. The largest absolute Gasteiger partial charge is 0.391 e. The zero-order valence-corrected chi connectivity index (χ0v) is 22.4. The number of rotatable bonds is 9. The van der Waals surface area contributed by atoms with E-state index in [0.717, 1.165) is 53.1 Å². The van der Waals surface area contributed by atoms with E-state index in [4.69, 9.17) is 0 Å². The van der Waals surface area contributed by atoms with Gasteiger partial charge in [0.15, 0.2) is 11.2 Å². The minimum atomic E-state index is -1.23. The molecule has 0 spiro atoms. The van der Waals surface area contributed by atoms with Gasteiger partial charge in [0, 0.05) is 62.7 Å². The van der Waals surface area contributed by atoms with Crippen molar-refractivity contribution in [3.8, 4) is 0 Å². The highest BCUT2D eigenvalue weighted by Gasteiger charge is 2.21. The number of hydrogen-bond donors (Lipinski definition) is 1. The third-order valence-corrected chi connectivity index (χ3v) is 8.46. The highest BCUT2D eigenvalue weighted by atomic mass is 79.9. The number of hydrogen-bond acceptors (Lipinski definition) is 7. The predicted molar refractivity (Wildman–Crippen MR) is 139 cm³/mol. The van der Waals surface area contributed by atoms with Crippen LogP contribution in [-0.4, -0.2) is 88.9 Å². The summed E-state index contributed by atoms with van der Waals surface area (Å²) in [5, 5.41) is 10.5. The van der Waals surface area contributed by atoms with Crippen LogP contribution in [0.3, 0.4) is 0 Å².